The number of aliphatic hydroxyl groups excluding tert-OH is 1. The zero-order valence-electron chi connectivity index (χ0n) is 11.6. The van der Waals surface area contributed by atoms with Gasteiger partial charge in [-0.3, -0.25) is 4.79 Å². The number of rotatable bonds is 3. The minimum atomic E-state index is -1.32. The van der Waals surface area contributed by atoms with Crippen LogP contribution >= 0.6 is 0 Å². The number of carbonyl (C=O) groups excluding carboxylic acids is 1. The van der Waals surface area contributed by atoms with Gasteiger partial charge in [-0.05, 0) is 13.8 Å². The Labute approximate surface area is 116 Å². The Hall–Kier alpha value is -1.22. The number of likely N-dealkylation sites (N-methyl/N-ethyl adjacent to an activating group) is 1. The Kier molecular flexibility index (Phi) is 4.28. The van der Waals surface area contributed by atoms with Crippen molar-refractivity contribution in [2.75, 3.05) is 13.7 Å². The molecule has 0 aliphatic carbocycles. The van der Waals surface area contributed by atoms with Crippen LogP contribution in [0.25, 0.3) is 0 Å². The number of hydrogen-bond donors (Lipinski definition) is 2. The standard InChI is InChI=1S/C12H19NO7/c1-5-8-10(9(16)6(2)19-5)20-12(11(17)13(8)3)18-4-7(14)15/h5-6,8-10,12,16H,4H2,1-3H3,(H,14,15)/t5?,6-,8-,9+,10?,12+/m1/s1. The van der Waals surface area contributed by atoms with Crippen molar-refractivity contribution in [3.8, 4) is 0 Å². The molecule has 2 N–H and O–H groups in total. The quantitative estimate of drug-likeness (QED) is 0.672. The molecule has 114 valence electrons. The van der Waals surface area contributed by atoms with E-state index in [9.17, 15) is 14.7 Å². The summed E-state index contributed by atoms with van der Waals surface area (Å²) >= 11 is 0. The van der Waals surface area contributed by atoms with E-state index in [0.717, 1.165) is 0 Å². The second-order valence-corrected chi connectivity index (χ2v) is 5.11. The molecule has 20 heavy (non-hydrogen) atoms. The predicted molar refractivity (Wildman–Crippen MR) is 64.8 cm³/mol. The lowest BCUT2D eigenvalue weighted by Gasteiger charge is -2.50. The first-order valence-electron chi connectivity index (χ1n) is 6.42. The minimum absolute atomic E-state index is 0.298. The molecule has 2 aliphatic rings. The van der Waals surface area contributed by atoms with Crippen LogP contribution in [0.15, 0.2) is 0 Å². The van der Waals surface area contributed by atoms with Gasteiger partial charge in [0.05, 0.1) is 18.2 Å². The topological polar surface area (TPSA) is 106 Å². The summed E-state index contributed by atoms with van der Waals surface area (Å²) in [5.41, 5.74) is 0. The van der Waals surface area contributed by atoms with Crippen molar-refractivity contribution in [2.24, 2.45) is 0 Å². The minimum Gasteiger partial charge on any atom is -0.480 e. The molecule has 2 heterocycles. The largest absolute Gasteiger partial charge is 0.480 e. The van der Waals surface area contributed by atoms with Crippen molar-refractivity contribution in [1.82, 2.24) is 4.90 Å². The van der Waals surface area contributed by atoms with E-state index in [1.54, 1.807) is 20.9 Å². The number of morpholine rings is 1. The van der Waals surface area contributed by atoms with Crippen molar-refractivity contribution in [1.29, 1.82) is 0 Å². The van der Waals surface area contributed by atoms with Crippen LogP contribution in [-0.4, -0.2) is 77.4 Å². The summed E-state index contributed by atoms with van der Waals surface area (Å²) in [6.45, 7) is 2.87. The maximum atomic E-state index is 12.1. The van der Waals surface area contributed by atoms with E-state index in [2.05, 4.69) is 0 Å². The number of hydrogen-bond acceptors (Lipinski definition) is 6. The zero-order chi connectivity index (χ0) is 15.0. The second-order valence-electron chi connectivity index (χ2n) is 5.11. The molecule has 2 rings (SSSR count). The van der Waals surface area contributed by atoms with Crippen molar-refractivity contribution in [2.45, 2.75) is 50.6 Å². The number of fused-ring (bicyclic) bond motifs is 1. The molecule has 2 fully saturated rings. The maximum Gasteiger partial charge on any atom is 0.329 e. The van der Waals surface area contributed by atoms with Gasteiger partial charge >= 0.3 is 5.97 Å². The van der Waals surface area contributed by atoms with Crippen molar-refractivity contribution >= 4 is 11.9 Å². The third kappa shape index (κ3) is 2.64. The van der Waals surface area contributed by atoms with Crippen LogP contribution < -0.4 is 0 Å². The van der Waals surface area contributed by atoms with Gasteiger partial charge in [-0.1, -0.05) is 0 Å². The molecule has 0 saturated carbocycles. The third-order valence-corrected chi connectivity index (χ3v) is 3.70. The summed E-state index contributed by atoms with van der Waals surface area (Å²) in [5, 5.41) is 18.7. The molecule has 1 amide bonds. The van der Waals surface area contributed by atoms with Gasteiger partial charge in [0.15, 0.2) is 0 Å². The monoisotopic (exact) mass is 289 g/mol. The summed E-state index contributed by atoms with van der Waals surface area (Å²) in [5.74, 6) is -1.68. The van der Waals surface area contributed by atoms with Crippen LogP contribution in [0.2, 0.25) is 0 Å². The number of aliphatic hydroxyl groups is 1. The van der Waals surface area contributed by atoms with Gasteiger partial charge in [-0.15, -0.1) is 0 Å². The number of amides is 1. The molecule has 0 aromatic carbocycles. The normalized spacial score (nSPS) is 41.4. The fourth-order valence-corrected chi connectivity index (χ4v) is 2.70. The van der Waals surface area contributed by atoms with Crippen LogP contribution in [-0.2, 0) is 23.8 Å². The van der Waals surface area contributed by atoms with E-state index in [1.807, 2.05) is 0 Å². The number of carboxylic acid groups (broad SMARTS) is 1. The fraction of sp³-hybridized carbons (Fsp3) is 0.833. The van der Waals surface area contributed by atoms with E-state index in [1.165, 1.54) is 4.90 Å². The first-order chi connectivity index (χ1) is 9.32. The van der Waals surface area contributed by atoms with Gasteiger partial charge in [0.1, 0.15) is 18.8 Å². The Bertz CT molecular complexity index is 401. The highest BCUT2D eigenvalue weighted by Gasteiger charge is 2.51. The predicted octanol–water partition coefficient (Wildman–Crippen LogP) is -1.19. The highest BCUT2D eigenvalue weighted by molar-refractivity contribution is 5.81. The summed E-state index contributed by atoms with van der Waals surface area (Å²) < 4.78 is 16.0. The van der Waals surface area contributed by atoms with Gasteiger partial charge in [0, 0.05) is 7.05 Å². The van der Waals surface area contributed by atoms with Crippen LogP contribution in [0, 0.1) is 0 Å². The first-order valence-corrected chi connectivity index (χ1v) is 6.42. The summed E-state index contributed by atoms with van der Waals surface area (Å²) in [6.07, 6.45) is -3.64. The molecule has 0 aromatic rings. The molecule has 2 saturated heterocycles. The molecule has 2 aliphatic heterocycles. The van der Waals surface area contributed by atoms with E-state index >= 15 is 0 Å². The highest BCUT2D eigenvalue weighted by Crippen LogP contribution is 2.31. The van der Waals surface area contributed by atoms with E-state index in [4.69, 9.17) is 19.3 Å². The molecule has 0 aromatic heterocycles. The molecule has 0 spiro atoms. The number of nitrogens with zero attached hydrogens (tertiary/aromatic N) is 1. The fourth-order valence-electron chi connectivity index (χ4n) is 2.70. The molecule has 6 atom stereocenters. The van der Waals surface area contributed by atoms with E-state index < -0.39 is 49.1 Å². The van der Waals surface area contributed by atoms with E-state index in [-0.39, 0.29) is 6.10 Å². The average Bonchev–Trinajstić information content (AvgIpc) is 2.37. The van der Waals surface area contributed by atoms with E-state index in [0.29, 0.717) is 0 Å². The summed E-state index contributed by atoms with van der Waals surface area (Å²) in [7, 11) is 1.56. The zero-order valence-corrected chi connectivity index (χ0v) is 11.6. The average molecular weight is 289 g/mol. The van der Waals surface area contributed by atoms with Gasteiger partial charge < -0.3 is 29.3 Å². The van der Waals surface area contributed by atoms with Crippen molar-refractivity contribution in [3.63, 3.8) is 0 Å². The number of aliphatic carboxylic acids is 1. The molecule has 8 heteroatoms. The molecule has 8 nitrogen and oxygen atoms in total. The molecular weight excluding hydrogens is 270 g/mol. The van der Waals surface area contributed by atoms with Crippen LogP contribution in [0.3, 0.4) is 0 Å². The maximum absolute atomic E-state index is 12.1. The smallest absolute Gasteiger partial charge is 0.329 e. The lowest BCUT2D eigenvalue weighted by atomic mass is 9.91. The molecule has 0 radical (unpaired) electrons. The lowest BCUT2D eigenvalue weighted by Crippen LogP contribution is -2.69. The Morgan fingerprint density at radius 2 is 2.00 bits per heavy atom. The highest BCUT2D eigenvalue weighted by atomic mass is 16.7. The van der Waals surface area contributed by atoms with Gasteiger partial charge in [0.2, 0.25) is 6.29 Å². The van der Waals surface area contributed by atoms with Crippen molar-refractivity contribution in [3.05, 3.63) is 0 Å². The lowest BCUT2D eigenvalue weighted by molar-refractivity contribution is -0.279. The first kappa shape index (κ1) is 15.2. The Balaban J connectivity index is 2.15. The Morgan fingerprint density at radius 1 is 1.35 bits per heavy atom. The van der Waals surface area contributed by atoms with Crippen molar-refractivity contribution < 1.29 is 34.0 Å². The molecule has 0 bridgehead atoms. The van der Waals surface area contributed by atoms with Crippen LogP contribution in [0.1, 0.15) is 13.8 Å². The molecule has 2 unspecified atom stereocenters. The third-order valence-electron chi connectivity index (χ3n) is 3.70. The number of carbonyl (C=O) groups is 2. The number of carboxylic acids is 1. The van der Waals surface area contributed by atoms with Gasteiger partial charge in [-0.25, -0.2) is 4.79 Å². The van der Waals surface area contributed by atoms with Gasteiger partial charge in [0.25, 0.3) is 5.91 Å². The molecular formula is C12H19NO7. The number of ether oxygens (including phenoxy) is 3. The summed E-state index contributed by atoms with van der Waals surface area (Å²) in [4.78, 5) is 24.0. The SMILES string of the molecule is CC1O[C@H](C)[C@H](O)C2O[C@H](OCC(=O)O)C(=O)N(C)[C@H]12. The van der Waals surface area contributed by atoms with Crippen LogP contribution in [0.4, 0.5) is 0 Å². The Morgan fingerprint density at radius 3 is 2.60 bits per heavy atom. The summed E-state index contributed by atoms with van der Waals surface area (Å²) in [6, 6.07) is -0.432. The van der Waals surface area contributed by atoms with Gasteiger partial charge in [-0.2, -0.15) is 0 Å². The second kappa shape index (κ2) is 5.65. The van der Waals surface area contributed by atoms with Crippen LogP contribution in [0.5, 0.6) is 0 Å².